The van der Waals surface area contributed by atoms with Crippen molar-refractivity contribution in [3.05, 3.63) is 12.4 Å². The lowest BCUT2D eigenvalue weighted by Crippen LogP contribution is -2.42. The molecule has 2 heterocycles. The van der Waals surface area contributed by atoms with Crippen molar-refractivity contribution in [1.29, 1.82) is 0 Å². The number of rotatable bonds is 2. The van der Waals surface area contributed by atoms with E-state index in [9.17, 15) is 8.42 Å². The predicted molar refractivity (Wildman–Crippen MR) is 75.3 cm³/mol. The van der Waals surface area contributed by atoms with Gasteiger partial charge in [0.05, 0.1) is 12.4 Å². The van der Waals surface area contributed by atoms with Crippen LogP contribution in [-0.2, 0) is 10.0 Å². The maximum atomic E-state index is 12.5. The molecule has 0 aromatic carbocycles. The number of sulfonamides is 1. The van der Waals surface area contributed by atoms with Gasteiger partial charge in [-0.1, -0.05) is 12.8 Å². The molecule has 110 valence electrons. The number of aromatic nitrogens is 2. The highest BCUT2D eigenvalue weighted by atomic mass is 32.2. The number of nitrogens with zero attached hydrogens (tertiary/aromatic N) is 3. The number of piperidine rings is 1. The lowest BCUT2D eigenvalue weighted by atomic mass is 9.78. The predicted octanol–water partition coefficient (Wildman–Crippen LogP) is 1.40. The van der Waals surface area contributed by atoms with Gasteiger partial charge in [0.2, 0.25) is 16.0 Å². The molecule has 1 saturated heterocycles. The van der Waals surface area contributed by atoms with Gasteiger partial charge in [0.15, 0.2) is 0 Å². The van der Waals surface area contributed by atoms with Crippen LogP contribution in [0.4, 0.5) is 5.95 Å². The first-order chi connectivity index (χ1) is 9.52. The third-order valence-electron chi connectivity index (χ3n) is 4.73. The summed E-state index contributed by atoms with van der Waals surface area (Å²) in [7, 11) is -3.47. The van der Waals surface area contributed by atoms with Gasteiger partial charge >= 0.3 is 0 Å². The molecule has 0 unspecified atom stereocenters. The summed E-state index contributed by atoms with van der Waals surface area (Å²) < 4.78 is 26.6. The monoisotopic (exact) mass is 296 g/mol. The maximum absolute atomic E-state index is 12.5. The Labute approximate surface area is 119 Å². The van der Waals surface area contributed by atoms with Gasteiger partial charge in [-0.15, -0.1) is 0 Å². The minimum atomic E-state index is -3.47. The van der Waals surface area contributed by atoms with E-state index >= 15 is 0 Å². The molecule has 0 bridgehead atoms. The molecule has 0 atom stereocenters. The second kappa shape index (κ2) is 4.96. The summed E-state index contributed by atoms with van der Waals surface area (Å²) in [5, 5.41) is 0. The van der Waals surface area contributed by atoms with Crippen molar-refractivity contribution < 1.29 is 8.42 Å². The van der Waals surface area contributed by atoms with Crippen LogP contribution in [0.25, 0.3) is 0 Å². The molecule has 1 aliphatic heterocycles. The Bertz CT molecular complexity index is 569. The molecule has 2 fully saturated rings. The van der Waals surface area contributed by atoms with Crippen molar-refractivity contribution in [1.82, 2.24) is 14.3 Å². The normalized spacial score (nSPS) is 23.2. The number of hydrogen-bond acceptors (Lipinski definition) is 5. The van der Waals surface area contributed by atoms with Crippen LogP contribution in [0.1, 0.15) is 38.5 Å². The SMILES string of the molecule is Nc1ncc(S(=O)(=O)N2CCC3(CCCC3)CC2)cn1. The van der Waals surface area contributed by atoms with Gasteiger partial charge in [0, 0.05) is 13.1 Å². The molecule has 7 heteroatoms. The highest BCUT2D eigenvalue weighted by Crippen LogP contribution is 2.46. The van der Waals surface area contributed by atoms with Gasteiger partial charge in [0.25, 0.3) is 0 Å². The van der Waals surface area contributed by atoms with Crippen LogP contribution in [0.2, 0.25) is 0 Å². The summed E-state index contributed by atoms with van der Waals surface area (Å²) in [6.45, 7) is 1.21. The van der Waals surface area contributed by atoms with Gasteiger partial charge in [0.1, 0.15) is 4.90 Å². The van der Waals surface area contributed by atoms with Crippen LogP contribution in [-0.4, -0.2) is 35.8 Å². The Morgan fingerprint density at radius 1 is 1.05 bits per heavy atom. The van der Waals surface area contributed by atoms with Gasteiger partial charge in [-0.25, -0.2) is 18.4 Å². The molecule has 2 N–H and O–H groups in total. The van der Waals surface area contributed by atoms with Crippen molar-refractivity contribution in [3.63, 3.8) is 0 Å². The summed E-state index contributed by atoms with van der Waals surface area (Å²) in [5.74, 6) is 0.0903. The zero-order chi connectivity index (χ0) is 14.2. The van der Waals surface area contributed by atoms with E-state index in [0.29, 0.717) is 18.5 Å². The molecule has 20 heavy (non-hydrogen) atoms. The van der Waals surface area contributed by atoms with Crippen LogP contribution in [0.15, 0.2) is 17.3 Å². The smallest absolute Gasteiger partial charge is 0.246 e. The van der Waals surface area contributed by atoms with Crippen molar-refractivity contribution in [2.45, 2.75) is 43.4 Å². The summed E-state index contributed by atoms with van der Waals surface area (Å²) >= 11 is 0. The van der Waals surface area contributed by atoms with Crippen molar-refractivity contribution in [2.24, 2.45) is 5.41 Å². The van der Waals surface area contributed by atoms with E-state index in [4.69, 9.17) is 5.73 Å². The second-order valence-corrected chi connectivity index (χ2v) is 7.83. The fourth-order valence-electron chi connectivity index (χ4n) is 3.43. The van der Waals surface area contributed by atoms with Crippen LogP contribution in [0, 0.1) is 5.41 Å². The molecular weight excluding hydrogens is 276 g/mol. The largest absolute Gasteiger partial charge is 0.368 e. The average Bonchev–Trinajstić information content (AvgIpc) is 2.88. The number of hydrogen-bond donors (Lipinski definition) is 1. The highest BCUT2D eigenvalue weighted by molar-refractivity contribution is 7.89. The van der Waals surface area contributed by atoms with E-state index in [1.807, 2.05) is 0 Å². The summed E-state index contributed by atoms with van der Waals surface area (Å²) in [5.41, 5.74) is 5.80. The minimum absolute atomic E-state index is 0.0903. The number of anilines is 1. The lowest BCUT2D eigenvalue weighted by molar-refractivity contribution is 0.160. The molecule has 0 radical (unpaired) electrons. The lowest BCUT2D eigenvalue weighted by Gasteiger charge is -2.38. The molecule has 1 aromatic heterocycles. The maximum Gasteiger partial charge on any atom is 0.246 e. The minimum Gasteiger partial charge on any atom is -0.368 e. The molecule has 1 spiro atoms. The zero-order valence-electron chi connectivity index (χ0n) is 11.5. The van der Waals surface area contributed by atoms with E-state index in [-0.39, 0.29) is 10.8 Å². The molecule has 1 saturated carbocycles. The molecule has 1 aromatic rings. The Kier molecular flexibility index (Phi) is 3.41. The van der Waals surface area contributed by atoms with Gasteiger partial charge in [-0.3, -0.25) is 0 Å². The van der Waals surface area contributed by atoms with Crippen molar-refractivity contribution in [2.75, 3.05) is 18.8 Å². The molecular formula is C13H20N4O2S. The van der Waals surface area contributed by atoms with Gasteiger partial charge in [-0.2, -0.15) is 4.31 Å². The zero-order valence-corrected chi connectivity index (χ0v) is 12.3. The Hall–Kier alpha value is -1.21. The van der Waals surface area contributed by atoms with Crippen LogP contribution < -0.4 is 5.73 Å². The second-order valence-electron chi connectivity index (χ2n) is 5.89. The average molecular weight is 296 g/mol. The van der Waals surface area contributed by atoms with E-state index in [0.717, 1.165) is 12.8 Å². The summed E-state index contributed by atoms with van der Waals surface area (Å²) in [6.07, 6.45) is 9.62. The molecule has 6 nitrogen and oxygen atoms in total. The van der Waals surface area contributed by atoms with E-state index in [1.54, 1.807) is 4.31 Å². The first kappa shape index (κ1) is 13.8. The summed E-state index contributed by atoms with van der Waals surface area (Å²) in [4.78, 5) is 7.68. The third kappa shape index (κ3) is 2.40. The van der Waals surface area contributed by atoms with Crippen LogP contribution >= 0.6 is 0 Å². The van der Waals surface area contributed by atoms with Gasteiger partial charge < -0.3 is 5.73 Å². The van der Waals surface area contributed by atoms with Gasteiger partial charge in [-0.05, 0) is 31.1 Å². The van der Waals surface area contributed by atoms with Crippen molar-refractivity contribution in [3.8, 4) is 0 Å². The fourth-order valence-corrected chi connectivity index (χ4v) is 4.77. The van der Waals surface area contributed by atoms with E-state index < -0.39 is 10.0 Å². The highest BCUT2D eigenvalue weighted by Gasteiger charge is 2.40. The first-order valence-corrected chi connectivity index (χ1v) is 8.54. The molecule has 1 aliphatic carbocycles. The Morgan fingerprint density at radius 3 is 2.15 bits per heavy atom. The number of nitrogens with two attached hydrogens (primary N) is 1. The Morgan fingerprint density at radius 2 is 1.60 bits per heavy atom. The van der Waals surface area contributed by atoms with Crippen LogP contribution in [0.3, 0.4) is 0 Å². The first-order valence-electron chi connectivity index (χ1n) is 7.10. The summed E-state index contributed by atoms with van der Waals surface area (Å²) in [6, 6.07) is 0. The fraction of sp³-hybridized carbons (Fsp3) is 0.692. The standard InChI is InChI=1S/C13H20N4O2S/c14-12-15-9-11(10-16-12)20(18,19)17-7-5-13(6-8-17)3-1-2-4-13/h9-10H,1-8H2,(H2,14,15,16). The van der Waals surface area contributed by atoms with E-state index in [2.05, 4.69) is 9.97 Å². The van der Waals surface area contributed by atoms with Crippen molar-refractivity contribution >= 4 is 16.0 Å². The Balaban J connectivity index is 1.75. The molecule has 0 amide bonds. The topological polar surface area (TPSA) is 89.2 Å². The third-order valence-corrected chi connectivity index (χ3v) is 6.58. The molecule has 3 rings (SSSR count). The number of nitrogen functional groups attached to an aromatic ring is 1. The quantitative estimate of drug-likeness (QED) is 0.891. The van der Waals surface area contributed by atoms with Crippen LogP contribution in [0.5, 0.6) is 0 Å². The molecule has 2 aliphatic rings. The van der Waals surface area contributed by atoms with E-state index in [1.165, 1.54) is 38.1 Å².